The minimum atomic E-state index is 0.438. The van der Waals surface area contributed by atoms with Crippen molar-refractivity contribution in [1.82, 2.24) is 4.98 Å². The van der Waals surface area contributed by atoms with Gasteiger partial charge in [0.25, 0.3) is 0 Å². The van der Waals surface area contributed by atoms with E-state index in [1.54, 1.807) is 18.3 Å². The fraction of sp³-hybridized carbons (Fsp3) is 0.267. The standard InChI is InChI=1S/C15H16ClNO/c1-3-11(2)13-6-4-5-7-14(13)18-12-8-9-17-15(16)10-12/h4-11H,3H2,1-2H3. The Bertz CT molecular complexity index is 527. The quantitative estimate of drug-likeness (QED) is 0.719. The van der Waals surface area contributed by atoms with Crippen molar-refractivity contribution < 1.29 is 4.74 Å². The lowest BCUT2D eigenvalue weighted by Crippen LogP contribution is -1.96. The van der Waals surface area contributed by atoms with Gasteiger partial charge in [-0.1, -0.05) is 43.6 Å². The van der Waals surface area contributed by atoms with Crippen LogP contribution in [0.1, 0.15) is 31.7 Å². The lowest BCUT2D eigenvalue weighted by Gasteiger charge is -2.15. The van der Waals surface area contributed by atoms with Crippen LogP contribution in [0, 0.1) is 0 Å². The predicted molar refractivity (Wildman–Crippen MR) is 74.5 cm³/mol. The number of benzene rings is 1. The summed E-state index contributed by atoms with van der Waals surface area (Å²) in [4.78, 5) is 3.94. The number of hydrogen-bond acceptors (Lipinski definition) is 2. The molecule has 0 fully saturated rings. The molecule has 18 heavy (non-hydrogen) atoms. The van der Waals surface area contributed by atoms with E-state index in [-0.39, 0.29) is 0 Å². The van der Waals surface area contributed by atoms with Gasteiger partial charge in [-0.25, -0.2) is 4.98 Å². The van der Waals surface area contributed by atoms with E-state index in [0.717, 1.165) is 12.2 Å². The SMILES string of the molecule is CCC(C)c1ccccc1Oc1ccnc(Cl)c1. The molecule has 0 amide bonds. The zero-order chi connectivity index (χ0) is 13.0. The average Bonchev–Trinajstić information content (AvgIpc) is 2.38. The Labute approximate surface area is 113 Å². The second-order valence-corrected chi connectivity index (χ2v) is 4.65. The lowest BCUT2D eigenvalue weighted by molar-refractivity contribution is 0.469. The summed E-state index contributed by atoms with van der Waals surface area (Å²) in [5, 5.41) is 0.438. The largest absolute Gasteiger partial charge is 0.457 e. The molecule has 0 aliphatic rings. The van der Waals surface area contributed by atoms with E-state index in [0.29, 0.717) is 16.8 Å². The molecular weight excluding hydrogens is 246 g/mol. The number of aromatic nitrogens is 1. The summed E-state index contributed by atoms with van der Waals surface area (Å²) < 4.78 is 5.89. The maximum Gasteiger partial charge on any atom is 0.132 e. The molecule has 1 aromatic carbocycles. The minimum Gasteiger partial charge on any atom is -0.457 e. The number of pyridine rings is 1. The Balaban J connectivity index is 2.29. The van der Waals surface area contributed by atoms with Gasteiger partial charge < -0.3 is 4.74 Å². The monoisotopic (exact) mass is 261 g/mol. The van der Waals surface area contributed by atoms with E-state index in [1.165, 1.54) is 5.56 Å². The summed E-state index contributed by atoms with van der Waals surface area (Å²) in [6.07, 6.45) is 2.72. The molecule has 94 valence electrons. The normalized spacial score (nSPS) is 12.2. The van der Waals surface area contributed by atoms with Crippen molar-refractivity contribution in [3.05, 3.63) is 53.3 Å². The molecule has 1 atom stereocenters. The number of halogens is 1. The second kappa shape index (κ2) is 5.87. The van der Waals surface area contributed by atoms with Gasteiger partial charge in [-0.2, -0.15) is 0 Å². The molecule has 0 saturated heterocycles. The molecule has 0 radical (unpaired) electrons. The molecule has 0 aliphatic carbocycles. The Morgan fingerprint density at radius 3 is 2.78 bits per heavy atom. The zero-order valence-electron chi connectivity index (χ0n) is 10.6. The molecule has 0 N–H and O–H groups in total. The van der Waals surface area contributed by atoms with Gasteiger partial charge >= 0.3 is 0 Å². The maximum atomic E-state index is 5.89. The molecule has 3 heteroatoms. The van der Waals surface area contributed by atoms with E-state index >= 15 is 0 Å². The summed E-state index contributed by atoms with van der Waals surface area (Å²) >= 11 is 5.85. The zero-order valence-corrected chi connectivity index (χ0v) is 11.3. The van der Waals surface area contributed by atoms with Crippen molar-refractivity contribution in [2.75, 3.05) is 0 Å². The van der Waals surface area contributed by atoms with E-state index in [9.17, 15) is 0 Å². The Morgan fingerprint density at radius 1 is 1.28 bits per heavy atom. The molecule has 2 aromatic rings. The number of para-hydroxylation sites is 1. The number of nitrogens with zero attached hydrogens (tertiary/aromatic N) is 1. The first kappa shape index (κ1) is 12.9. The van der Waals surface area contributed by atoms with Crippen LogP contribution in [0.15, 0.2) is 42.6 Å². The molecule has 0 aliphatic heterocycles. The Hall–Kier alpha value is -1.54. The van der Waals surface area contributed by atoms with E-state index in [1.807, 2.05) is 18.2 Å². The molecule has 1 unspecified atom stereocenters. The minimum absolute atomic E-state index is 0.438. The van der Waals surface area contributed by atoms with Crippen molar-refractivity contribution in [2.24, 2.45) is 0 Å². The van der Waals surface area contributed by atoms with Crippen molar-refractivity contribution in [3.8, 4) is 11.5 Å². The van der Waals surface area contributed by atoms with Crippen LogP contribution >= 0.6 is 11.6 Å². The fourth-order valence-electron chi connectivity index (χ4n) is 1.78. The van der Waals surface area contributed by atoms with Gasteiger partial charge in [-0.15, -0.1) is 0 Å². The molecular formula is C15H16ClNO. The highest BCUT2D eigenvalue weighted by Crippen LogP contribution is 2.32. The fourth-order valence-corrected chi connectivity index (χ4v) is 1.94. The molecule has 1 aromatic heterocycles. The van der Waals surface area contributed by atoms with Crippen molar-refractivity contribution in [3.63, 3.8) is 0 Å². The molecule has 2 rings (SSSR count). The first-order valence-electron chi connectivity index (χ1n) is 6.09. The first-order valence-corrected chi connectivity index (χ1v) is 6.47. The third kappa shape index (κ3) is 3.02. The Morgan fingerprint density at radius 2 is 2.06 bits per heavy atom. The number of rotatable bonds is 4. The highest BCUT2D eigenvalue weighted by atomic mass is 35.5. The van der Waals surface area contributed by atoms with Crippen molar-refractivity contribution in [1.29, 1.82) is 0 Å². The van der Waals surface area contributed by atoms with Crippen LogP contribution in [0.2, 0.25) is 5.15 Å². The number of ether oxygens (including phenoxy) is 1. The molecule has 0 saturated carbocycles. The average molecular weight is 262 g/mol. The predicted octanol–water partition coefficient (Wildman–Crippen LogP) is 5.04. The Kier molecular flexibility index (Phi) is 4.21. The molecule has 2 nitrogen and oxygen atoms in total. The van der Waals surface area contributed by atoms with Crippen molar-refractivity contribution >= 4 is 11.6 Å². The summed E-state index contributed by atoms with van der Waals surface area (Å²) in [5.41, 5.74) is 1.22. The van der Waals surface area contributed by atoms with Crippen LogP contribution in [0.4, 0.5) is 0 Å². The highest BCUT2D eigenvalue weighted by molar-refractivity contribution is 6.29. The summed E-state index contributed by atoms with van der Waals surface area (Å²) in [6.45, 7) is 4.37. The summed E-state index contributed by atoms with van der Waals surface area (Å²) in [5.74, 6) is 2.07. The molecule has 1 heterocycles. The highest BCUT2D eigenvalue weighted by Gasteiger charge is 2.10. The van der Waals surface area contributed by atoms with Crippen LogP contribution in [0.25, 0.3) is 0 Å². The molecule has 0 bridgehead atoms. The van der Waals surface area contributed by atoms with Crippen LogP contribution < -0.4 is 4.74 Å². The van der Waals surface area contributed by atoms with Gasteiger partial charge in [0.05, 0.1) is 0 Å². The summed E-state index contributed by atoms with van der Waals surface area (Å²) in [6, 6.07) is 11.6. The maximum absolute atomic E-state index is 5.89. The summed E-state index contributed by atoms with van der Waals surface area (Å²) in [7, 11) is 0. The smallest absolute Gasteiger partial charge is 0.132 e. The topological polar surface area (TPSA) is 22.1 Å². The lowest BCUT2D eigenvalue weighted by atomic mass is 9.98. The molecule has 0 spiro atoms. The van der Waals surface area contributed by atoms with E-state index in [4.69, 9.17) is 16.3 Å². The third-order valence-corrected chi connectivity index (χ3v) is 3.19. The van der Waals surface area contributed by atoms with Crippen LogP contribution in [-0.2, 0) is 0 Å². The van der Waals surface area contributed by atoms with Crippen molar-refractivity contribution in [2.45, 2.75) is 26.2 Å². The second-order valence-electron chi connectivity index (χ2n) is 4.26. The van der Waals surface area contributed by atoms with Gasteiger partial charge in [-0.3, -0.25) is 0 Å². The third-order valence-electron chi connectivity index (χ3n) is 2.99. The van der Waals surface area contributed by atoms with Gasteiger partial charge in [0.2, 0.25) is 0 Å². The first-order chi connectivity index (χ1) is 8.70. The van der Waals surface area contributed by atoms with Gasteiger partial charge in [0.1, 0.15) is 16.7 Å². The van der Waals surface area contributed by atoms with Gasteiger partial charge in [-0.05, 0) is 30.0 Å². The van der Waals surface area contributed by atoms with Gasteiger partial charge in [0.15, 0.2) is 0 Å². The number of hydrogen-bond donors (Lipinski definition) is 0. The van der Waals surface area contributed by atoms with Crippen LogP contribution in [-0.4, -0.2) is 4.98 Å². The van der Waals surface area contributed by atoms with Crippen LogP contribution in [0.5, 0.6) is 11.5 Å². The van der Waals surface area contributed by atoms with Gasteiger partial charge in [0, 0.05) is 12.3 Å². The van der Waals surface area contributed by atoms with E-state index in [2.05, 4.69) is 24.9 Å². The van der Waals surface area contributed by atoms with Crippen LogP contribution in [0.3, 0.4) is 0 Å². The van der Waals surface area contributed by atoms with E-state index < -0.39 is 0 Å².